The maximum Gasteiger partial charge on any atom is 0.419 e. The van der Waals surface area contributed by atoms with Crippen molar-refractivity contribution in [3.8, 4) is 0 Å². The summed E-state index contributed by atoms with van der Waals surface area (Å²) < 4.78 is 41.4. The molecule has 4 nitrogen and oxygen atoms in total. The molecule has 0 bridgehead atoms. The Morgan fingerprint density at radius 3 is 2.35 bits per heavy atom. The fraction of sp³-hybridized carbons (Fsp3) is 0.500. The number of aromatic nitrogens is 2. The number of ether oxygens (including phenoxy) is 1. The number of carbonyl (C=O) groups is 1. The number of alkyl halides is 3. The zero-order chi connectivity index (χ0) is 13.1. The van der Waals surface area contributed by atoms with Crippen molar-refractivity contribution in [1.82, 2.24) is 9.97 Å². The van der Waals surface area contributed by atoms with Gasteiger partial charge in [0, 0.05) is 12.4 Å². The summed E-state index contributed by atoms with van der Waals surface area (Å²) in [7, 11) is 0. The lowest BCUT2D eigenvalue weighted by Gasteiger charge is -2.10. The van der Waals surface area contributed by atoms with Gasteiger partial charge in [0.1, 0.15) is 11.7 Å². The van der Waals surface area contributed by atoms with Gasteiger partial charge in [0.2, 0.25) is 0 Å². The van der Waals surface area contributed by atoms with E-state index in [0.29, 0.717) is 12.4 Å². The van der Waals surface area contributed by atoms with Crippen LogP contribution in [0, 0.1) is 0 Å². The summed E-state index contributed by atoms with van der Waals surface area (Å²) in [5.41, 5.74) is -0.947. The first-order valence-corrected chi connectivity index (χ1v) is 4.92. The molecular weight excluding hydrogens is 237 g/mol. The monoisotopic (exact) mass is 248 g/mol. The number of esters is 1. The Hall–Kier alpha value is -1.66. The second-order valence-corrected chi connectivity index (χ2v) is 3.30. The zero-order valence-electron chi connectivity index (χ0n) is 9.28. The molecule has 1 unspecified atom stereocenters. The topological polar surface area (TPSA) is 52.1 Å². The highest BCUT2D eigenvalue weighted by Gasteiger charge is 2.32. The largest absolute Gasteiger partial charge is 0.465 e. The lowest BCUT2D eigenvalue weighted by molar-refractivity contribution is -0.144. The van der Waals surface area contributed by atoms with Gasteiger partial charge in [-0.3, -0.25) is 4.79 Å². The maximum atomic E-state index is 12.2. The van der Waals surface area contributed by atoms with Crippen molar-refractivity contribution in [3.63, 3.8) is 0 Å². The molecule has 0 spiro atoms. The van der Waals surface area contributed by atoms with Crippen LogP contribution in [0.2, 0.25) is 0 Å². The van der Waals surface area contributed by atoms with Crippen molar-refractivity contribution in [2.24, 2.45) is 0 Å². The van der Waals surface area contributed by atoms with Gasteiger partial charge in [-0.05, 0) is 13.8 Å². The van der Waals surface area contributed by atoms with Gasteiger partial charge in [0.15, 0.2) is 0 Å². The Bertz CT molecular complexity index is 390. The van der Waals surface area contributed by atoms with Gasteiger partial charge in [-0.1, -0.05) is 0 Å². The SMILES string of the molecule is CCOC(=O)C(C)c1ncc(C(F)(F)F)cn1. The van der Waals surface area contributed by atoms with E-state index in [-0.39, 0.29) is 12.4 Å². The van der Waals surface area contributed by atoms with E-state index in [1.54, 1.807) is 6.92 Å². The predicted octanol–water partition coefficient (Wildman–Crippen LogP) is 2.16. The number of carbonyl (C=O) groups excluding carboxylic acids is 1. The van der Waals surface area contributed by atoms with Crippen LogP contribution in [0.15, 0.2) is 12.4 Å². The molecule has 94 valence electrons. The molecule has 1 heterocycles. The summed E-state index contributed by atoms with van der Waals surface area (Å²) in [4.78, 5) is 18.3. The van der Waals surface area contributed by atoms with Gasteiger partial charge < -0.3 is 4.74 Å². The van der Waals surface area contributed by atoms with Crippen LogP contribution in [-0.4, -0.2) is 22.5 Å². The molecule has 0 saturated heterocycles. The van der Waals surface area contributed by atoms with Crippen molar-refractivity contribution in [2.45, 2.75) is 25.9 Å². The Morgan fingerprint density at radius 2 is 1.94 bits per heavy atom. The third-order valence-corrected chi connectivity index (χ3v) is 2.03. The second kappa shape index (κ2) is 5.11. The molecule has 7 heteroatoms. The standard InChI is InChI=1S/C10H11F3N2O2/c1-3-17-9(16)6(2)8-14-4-7(5-15-8)10(11,12)13/h4-6H,3H2,1-2H3. The van der Waals surface area contributed by atoms with Crippen molar-refractivity contribution in [1.29, 1.82) is 0 Å². The molecule has 1 atom stereocenters. The number of nitrogens with zero attached hydrogens (tertiary/aromatic N) is 2. The van der Waals surface area contributed by atoms with Gasteiger partial charge in [0.25, 0.3) is 0 Å². The Labute approximate surface area is 95.8 Å². The van der Waals surface area contributed by atoms with Crippen LogP contribution in [0.5, 0.6) is 0 Å². The zero-order valence-corrected chi connectivity index (χ0v) is 9.28. The van der Waals surface area contributed by atoms with E-state index in [4.69, 9.17) is 4.74 Å². The predicted molar refractivity (Wildman–Crippen MR) is 52.1 cm³/mol. The Balaban J connectivity index is 2.84. The molecular formula is C10H11F3N2O2. The first kappa shape index (κ1) is 13.4. The van der Waals surface area contributed by atoms with E-state index >= 15 is 0 Å². The van der Waals surface area contributed by atoms with Crippen LogP contribution in [0.4, 0.5) is 13.2 Å². The molecule has 0 aliphatic rings. The number of hydrogen-bond donors (Lipinski definition) is 0. The fourth-order valence-electron chi connectivity index (χ4n) is 1.08. The number of hydrogen-bond acceptors (Lipinski definition) is 4. The highest BCUT2D eigenvalue weighted by atomic mass is 19.4. The Morgan fingerprint density at radius 1 is 1.41 bits per heavy atom. The van der Waals surface area contributed by atoms with E-state index < -0.39 is 23.6 Å². The fourth-order valence-corrected chi connectivity index (χ4v) is 1.08. The Kier molecular flexibility index (Phi) is 4.03. The van der Waals surface area contributed by atoms with Crippen LogP contribution in [0.3, 0.4) is 0 Å². The highest BCUT2D eigenvalue weighted by Crippen LogP contribution is 2.28. The van der Waals surface area contributed by atoms with Gasteiger partial charge >= 0.3 is 12.1 Å². The average molecular weight is 248 g/mol. The van der Waals surface area contributed by atoms with E-state index in [1.165, 1.54) is 6.92 Å². The lowest BCUT2D eigenvalue weighted by Crippen LogP contribution is -2.16. The molecule has 0 saturated carbocycles. The minimum atomic E-state index is -4.48. The molecule has 1 rings (SSSR count). The molecule has 0 fully saturated rings. The third kappa shape index (κ3) is 3.40. The maximum absolute atomic E-state index is 12.2. The summed E-state index contributed by atoms with van der Waals surface area (Å²) in [6.45, 7) is 3.31. The lowest BCUT2D eigenvalue weighted by atomic mass is 10.1. The van der Waals surface area contributed by atoms with Crippen molar-refractivity contribution in [2.75, 3.05) is 6.61 Å². The average Bonchev–Trinajstić information content (AvgIpc) is 2.27. The van der Waals surface area contributed by atoms with E-state index in [1.807, 2.05) is 0 Å². The minimum Gasteiger partial charge on any atom is -0.465 e. The molecule has 0 N–H and O–H groups in total. The molecule has 0 amide bonds. The third-order valence-electron chi connectivity index (χ3n) is 2.03. The molecule has 0 aliphatic heterocycles. The molecule has 0 aliphatic carbocycles. The van der Waals surface area contributed by atoms with Gasteiger partial charge in [-0.15, -0.1) is 0 Å². The first-order chi connectivity index (χ1) is 7.86. The van der Waals surface area contributed by atoms with E-state index in [0.717, 1.165) is 0 Å². The summed E-state index contributed by atoms with van der Waals surface area (Å²) in [6, 6.07) is 0. The van der Waals surface area contributed by atoms with E-state index in [9.17, 15) is 18.0 Å². The molecule has 0 radical (unpaired) electrons. The molecule has 17 heavy (non-hydrogen) atoms. The van der Waals surface area contributed by atoms with Crippen LogP contribution >= 0.6 is 0 Å². The quantitative estimate of drug-likeness (QED) is 0.769. The van der Waals surface area contributed by atoms with Crippen LogP contribution < -0.4 is 0 Å². The summed E-state index contributed by atoms with van der Waals surface area (Å²) in [6.07, 6.45) is -3.18. The van der Waals surface area contributed by atoms with Gasteiger partial charge in [0.05, 0.1) is 12.2 Å². The van der Waals surface area contributed by atoms with Crippen molar-refractivity contribution < 1.29 is 22.7 Å². The smallest absolute Gasteiger partial charge is 0.419 e. The van der Waals surface area contributed by atoms with Gasteiger partial charge in [-0.25, -0.2) is 9.97 Å². The van der Waals surface area contributed by atoms with Crippen LogP contribution in [0.25, 0.3) is 0 Å². The molecule has 1 aromatic heterocycles. The second-order valence-electron chi connectivity index (χ2n) is 3.30. The summed E-state index contributed by atoms with van der Waals surface area (Å²) in [5, 5.41) is 0. The van der Waals surface area contributed by atoms with Crippen molar-refractivity contribution >= 4 is 5.97 Å². The minimum absolute atomic E-state index is 0.0106. The summed E-state index contributed by atoms with van der Waals surface area (Å²) >= 11 is 0. The summed E-state index contributed by atoms with van der Waals surface area (Å²) in [5.74, 6) is -1.33. The number of rotatable bonds is 3. The normalized spacial score (nSPS) is 13.2. The van der Waals surface area contributed by atoms with Gasteiger partial charge in [-0.2, -0.15) is 13.2 Å². The number of halogens is 3. The van der Waals surface area contributed by atoms with Crippen LogP contribution in [-0.2, 0) is 15.7 Å². The van der Waals surface area contributed by atoms with Crippen LogP contribution in [0.1, 0.15) is 31.2 Å². The molecule has 1 aromatic rings. The van der Waals surface area contributed by atoms with E-state index in [2.05, 4.69) is 9.97 Å². The highest BCUT2D eigenvalue weighted by molar-refractivity contribution is 5.76. The molecule has 0 aromatic carbocycles. The van der Waals surface area contributed by atoms with Crippen molar-refractivity contribution in [3.05, 3.63) is 23.8 Å². The first-order valence-electron chi connectivity index (χ1n) is 4.92.